The second kappa shape index (κ2) is 7.18. The van der Waals surface area contributed by atoms with Gasteiger partial charge in [0.2, 0.25) is 0 Å². The third kappa shape index (κ3) is 3.73. The standard InChI is InChI=1S/C16H20O.C2H6/c1-4-16(11(2)3)14-6-5-13-10-15(17)8-7-12(13)9-14;1-2/h5-11,16-17H,4H2,1-3H3;1-2H3. The van der Waals surface area contributed by atoms with Gasteiger partial charge in [-0.3, -0.25) is 0 Å². The summed E-state index contributed by atoms with van der Waals surface area (Å²) in [5, 5.41) is 11.8. The number of fused-ring (bicyclic) bond motifs is 1. The lowest BCUT2D eigenvalue weighted by atomic mass is 9.85. The maximum Gasteiger partial charge on any atom is 0.116 e. The molecule has 1 unspecified atom stereocenters. The van der Waals surface area contributed by atoms with Gasteiger partial charge in [0.1, 0.15) is 5.75 Å². The van der Waals surface area contributed by atoms with Gasteiger partial charge >= 0.3 is 0 Å². The van der Waals surface area contributed by atoms with Crippen LogP contribution in [0.1, 0.15) is 52.5 Å². The first-order valence-electron chi connectivity index (χ1n) is 7.34. The van der Waals surface area contributed by atoms with Crippen LogP contribution in [0.4, 0.5) is 0 Å². The molecule has 0 heterocycles. The molecule has 0 spiro atoms. The van der Waals surface area contributed by atoms with Crippen LogP contribution in [0.5, 0.6) is 5.75 Å². The third-order valence-electron chi connectivity index (χ3n) is 3.52. The van der Waals surface area contributed by atoms with E-state index < -0.39 is 0 Å². The van der Waals surface area contributed by atoms with E-state index in [-0.39, 0.29) is 0 Å². The van der Waals surface area contributed by atoms with Crippen molar-refractivity contribution in [2.75, 3.05) is 0 Å². The van der Waals surface area contributed by atoms with E-state index in [1.807, 2.05) is 26.0 Å². The highest BCUT2D eigenvalue weighted by atomic mass is 16.3. The predicted octanol–water partition coefficient (Wildman–Crippen LogP) is 5.72. The molecule has 2 rings (SSSR count). The molecule has 0 aliphatic carbocycles. The molecule has 0 saturated carbocycles. The SMILES string of the molecule is CC.CCC(c1ccc2cc(O)ccc2c1)C(C)C. The maximum atomic E-state index is 9.44. The molecule has 1 heteroatoms. The van der Waals surface area contributed by atoms with Crippen LogP contribution in [0.3, 0.4) is 0 Å². The van der Waals surface area contributed by atoms with E-state index in [9.17, 15) is 5.11 Å². The van der Waals surface area contributed by atoms with E-state index in [2.05, 4.69) is 39.0 Å². The molecule has 1 N–H and O–H groups in total. The monoisotopic (exact) mass is 258 g/mol. The molecular formula is C18H26O. The topological polar surface area (TPSA) is 20.2 Å². The van der Waals surface area contributed by atoms with Gasteiger partial charge in [-0.25, -0.2) is 0 Å². The molecule has 1 nitrogen and oxygen atoms in total. The van der Waals surface area contributed by atoms with Gasteiger partial charge < -0.3 is 5.11 Å². The Hall–Kier alpha value is -1.50. The number of aromatic hydroxyl groups is 1. The molecule has 0 fully saturated rings. The third-order valence-corrected chi connectivity index (χ3v) is 3.52. The fraction of sp³-hybridized carbons (Fsp3) is 0.444. The first-order valence-corrected chi connectivity index (χ1v) is 7.34. The van der Waals surface area contributed by atoms with Gasteiger partial charge in [0.05, 0.1) is 0 Å². The lowest BCUT2D eigenvalue weighted by molar-refractivity contribution is 0.476. The van der Waals surface area contributed by atoms with Gasteiger partial charge in [0.25, 0.3) is 0 Å². The summed E-state index contributed by atoms with van der Waals surface area (Å²) in [5.74, 6) is 1.61. The molecule has 0 aromatic heterocycles. The van der Waals surface area contributed by atoms with Crippen LogP contribution in [0.2, 0.25) is 0 Å². The van der Waals surface area contributed by atoms with Crippen molar-refractivity contribution in [1.29, 1.82) is 0 Å². The zero-order valence-electron chi connectivity index (χ0n) is 12.8. The highest BCUT2D eigenvalue weighted by Gasteiger charge is 2.13. The Morgan fingerprint density at radius 3 is 2.11 bits per heavy atom. The quantitative estimate of drug-likeness (QED) is 0.746. The Bertz CT molecular complexity index is 514. The van der Waals surface area contributed by atoms with Crippen molar-refractivity contribution in [2.24, 2.45) is 5.92 Å². The minimum atomic E-state index is 0.334. The van der Waals surface area contributed by atoms with Crippen LogP contribution < -0.4 is 0 Å². The van der Waals surface area contributed by atoms with Crippen molar-refractivity contribution in [3.8, 4) is 5.75 Å². The molecule has 2 aromatic rings. The number of rotatable bonds is 3. The molecule has 2 aromatic carbocycles. The summed E-state index contributed by atoms with van der Waals surface area (Å²) in [6, 6.07) is 12.1. The molecule has 0 aliphatic heterocycles. The molecule has 19 heavy (non-hydrogen) atoms. The van der Waals surface area contributed by atoms with Crippen molar-refractivity contribution >= 4 is 10.8 Å². The summed E-state index contributed by atoms with van der Waals surface area (Å²) in [6.07, 6.45) is 1.17. The highest BCUT2D eigenvalue weighted by Crippen LogP contribution is 2.30. The Labute approximate surface area is 117 Å². The van der Waals surface area contributed by atoms with E-state index in [0.29, 0.717) is 17.6 Å². The van der Waals surface area contributed by atoms with Crippen LogP contribution in [0, 0.1) is 5.92 Å². The Morgan fingerprint density at radius 2 is 1.53 bits per heavy atom. The number of phenols is 1. The summed E-state index contributed by atoms with van der Waals surface area (Å²) in [4.78, 5) is 0. The zero-order valence-corrected chi connectivity index (χ0v) is 12.8. The number of phenolic OH excluding ortho intramolecular Hbond substituents is 1. The van der Waals surface area contributed by atoms with Gasteiger partial charge in [-0.05, 0) is 46.7 Å². The number of hydrogen-bond donors (Lipinski definition) is 1. The average molecular weight is 258 g/mol. The second-order valence-electron chi connectivity index (χ2n) is 5.05. The van der Waals surface area contributed by atoms with Crippen LogP contribution in [-0.2, 0) is 0 Å². The van der Waals surface area contributed by atoms with Crippen LogP contribution >= 0.6 is 0 Å². The van der Waals surface area contributed by atoms with Crippen molar-refractivity contribution in [2.45, 2.75) is 47.0 Å². The first-order chi connectivity index (χ1) is 9.11. The van der Waals surface area contributed by atoms with Crippen LogP contribution in [-0.4, -0.2) is 5.11 Å². The Balaban J connectivity index is 0.000000861. The number of hydrogen-bond acceptors (Lipinski definition) is 1. The molecule has 1 atom stereocenters. The molecule has 0 aliphatic rings. The van der Waals surface area contributed by atoms with E-state index in [4.69, 9.17) is 0 Å². The van der Waals surface area contributed by atoms with Crippen molar-refractivity contribution in [1.82, 2.24) is 0 Å². The Kier molecular flexibility index (Phi) is 5.88. The normalized spacial score (nSPS) is 12.1. The maximum absolute atomic E-state index is 9.44. The smallest absolute Gasteiger partial charge is 0.116 e. The minimum Gasteiger partial charge on any atom is -0.508 e. The van der Waals surface area contributed by atoms with Crippen molar-refractivity contribution in [3.05, 3.63) is 42.0 Å². The van der Waals surface area contributed by atoms with Crippen LogP contribution in [0.15, 0.2) is 36.4 Å². The molecule has 0 amide bonds. The van der Waals surface area contributed by atoms with Gasteiger partial charge in [-0.15, -0.1) is 0 Å². The summed E-state index contributed by atoms with van der Waals surface area (Å²) >= 11 is 0. The predicted molar refractivity (Wildman–Crippen MR) is 84.8 cm³/mol. The fourth-order valence-corrected chi connectivity index (χ4v) is 2.57. The highest BCUT2D eigenvalue weighted by molar-refractivity contribution is 5.84. The summed E-state index contributed by atoms with van der Waals surface area (Å²) < 4.78 is 0. The van der Waals surface area contributed by atoms with Gasteiger partial charge in [0, 0.05) is 0 Å². The first kappa shape index (κ1) is 15.6. The lowest BCUT2D eigenvalue weighted by Crippen LogP contribution is -2.05. The van der Waals surface area contributed by atoms with Gasteiger partial charge in [0.15, 0.2) is 0 Å². The summed E-state index contributed by atoms with van der Waals surface area (Å²) in [7, 11) is 0. The van der Waals surface area contributed by atoms with Crippen LogP contribution in [0.25, 0.3) is 10.8 Å². The molecular weight excluding hydrogens is 232 g/mol. The van der Waals surface area contributed by atoms with E-state index in [1.54, 1.807) is 6.07 Å². The minimum absolute atomic E-state index is 0.334. The van der Waals surface area contributed by atoms with Crippen molar-refractivity contribution < 1.29 is 5.11 Å². The van der Waals surface area contributed by atoms with E-state index in [0.717, 1.165) is 5.39 Å². The van der Waals surface area contributed by atoms with Gasteiger partial charge in [-0.1, -0.05) is 58.9 Å². The fourth-order valence-electron chi connectivity index (χ4n) is 2.57. The summed E-state index contributed by atoms with van der Waals surface area (Å²) in [5.41, 5.74) is 1.40. The molecule has 0 saturated heterocycles. The average Bonchev–Trinajstić information content (AvgIpc) is 2.41. The van der Waals surface area contributed by atoms with Gasteiger partial charge in [-0.2, -0.15) is 0 Å². The molecule has 0 radical (unpaired) electrons. The second-order valence-corrected chi connectivity index (χ2v) is 5.05. The van der Waals surface area contributed by atoms with E-state index >= 15 is 0 Å². The largest absolute Gasteiger partial charge is 0.508 e. The zero-order chi connectivity index (χ0) is 14.4. The number of benzene rings is 2. The van der Waals surface area contributed by atoms with Crippen molar-refractivity contribution in [3.63, 3.8) is 0 Å². The molecule has 0 bridgehead atoms. The lowest BCUT2D eigenvalue weighted by Gasteiger charge is -2.20. The van der Waals surface area contributed by atoms with E-state index in [1.165, 1.54) is 17.4 Å². The Morgan fingerprint density at radius 1 is 0.947 bits per heavy atom. The molecule has 104 valence electrons. The summed E-state index contributed by atoms with van der Waals surface area (Å²) in [6.45, 7) is 10.8.